The van der Waals surface area contributed by atoms with Crippen LogP contribution >= 0.6 is 0 Å². The molecule has 0 N–H and O–H groups in total. The summed E-state index contributed by atoms with van der Waals surface area (Å²) in [5.74, 6) is 2.09. The van der Waals surface area contributed by atoms with Crippen LogP contribution in [0, 0.1) is 6.33 Å². The molecule has 0 bridgehead atoms. The molecule has 12 rings (SSSR count). The highest BCUT2D eigenvalue weighted by molar-refractivity contribution is 6.09. The average molecular weight is 963 g/mol. The fourth-order valence-electron chi connectivity index (χ4n) is 11.6. The van der Waals surface area contributed by atoms with Crippen molar-refractivity contribution in [3.05, 3.63) is 198 Å². The summed E-state index contributed by atoms with van der Waals surface area (Å²) in [6.07, 6.45) is 8.93. The van der Waals surface area contributed by atoms with Gasteiger partial charge in [-0.15, -0.1) is 0 Å². The second-order valence-corrected chi connectivity index (χ2v) is 24.3. The molecule has 0 fully saturated rings. The summed E-state index contributed by atoms with van der Waals surface area (Å²) in [5, 5.41) is 2.21. The van der Waals surface area contributed by atoms with E-state index in [0.717, 1.165) is 92.3 Å². The molecule has 5 nitrogen and oxygen atoms in total. The molecule has 5 heteroatoms. The lowest BCUT2D eigenvalue weighted by atomic mass is 9.62. The van der Waals surface area contributed by atoms with Gasteiger partial charge in [-0.2, -0.15) is 0 Å². The first-order chi connectivity index (χ1) is 37.3. The molecule has 2 aliphatic carbocycles. The van der Waals surface area contributed by atoms with Gasteiger partial charge in [0.2, 0.25) is 0 Å². The molecule has 2 aliphatic rings. The first kappa shape index (κ1) is 40.3. The Labute approximate surface area is 440 Å². The molecule has 0 unspecified atom stereocenters. The zero-order chi connectivity index (χ0) is 56.0. The van der Waals surface area contributed by atoms with Crippen molar-refractivity contribution in [2.75, 3.05) is 0 Å². The minimum absolute atomic E-state index is 0.0398. The van der Waals surface area contributed by atoms with Crippen molar-refractivity contribution in [1.29, 1.82) is 0 Å². The number of nitrogens with zero attached hydrogens (tertiary/aromatic N) is 4. The van der Waals surface area contributed by atoms with Crippen LogP contribution in [0.3, 0.4) is 0 Å². The molecule has 0 saturated carbocycles. The molecule has 366 valence electrons. The Kier molecular flexibility index (Phi) is 9.18. The normalized spacial score (nSPS) is 17.8. The van der Waals surface area contributed by atoms with Crippen molar-refractivity contribution < 1.29 is 17.5 Å². The number of rotatable bonds is 7. The van der Waals surface area contributed by atoms with Crippen LogP contribution in [-0.4, -0.2) is 14.1 Å². The van der Waals surface area contributed by atoms with Gasteiger partial charge in [0, 0.05) is 23.0 Å². The van der Waals surface area contributed by atoms with Gasteiger partial charge in [-0.05, 0) is 151 Å². The maximum absolute atomic E-state index is 10.2. The first-order valence-electron chi connectivity index (χ1n) is 29.0. The molecule has 3 heterocycles. The predicted octanol–water partition coefficient (Wildman–Crippen LogP) is 17.3. The molecule has 0 spiro atoms. The van der Waals surface area contributed by atoms with E-state index < -0.39 is 21.7 Å². The van der Waals surface area contributed by atoms with Gasteiger partial charge in [-0.1, -0.05) is 179 Å². The number of hydrogen-bond donors (Lipinski definition) is 0. The van der Waals surface area contributed by atoms with Gasteiger partial charge in [0.15, 0.2) is 0 Å². The fraction of sp³-hybridized carbons (Fsp3) is 0.294. The van der Waals surface area contributed by atoms with Crippen molar-refractivity contribution in [2.24, 2.45) is 0 Å². The van der Waals surface area contributed by atoms with Crippen molar-refractivity contribution >= 4 is 32.8 Å². The van der Waals surface area contributed by atoms with Crippen LogP contribution < -0.4 is 9.30 Å². The summed E-state index contributed by atoms with van der Waals surface area (Å²) in [5.41, 5.74) is 8.98. The number of aromatic nitrogens is 4. The summed E-state index contributed by atoms with van der Waals surface area (Å²) in [6, 6.07) is 41.0. The second-order valence-electron chi connectivity index (χ2n) is 24.3. The number of ether oxygens (including phenoxy) is 1. The van der Waals surface area contributed by atoms with Crippen molar-refractivity contribution in [3.63, 3.8) is 0 Å². The largest absolute Gasteiger partial charge is 0.458 e. The molecule has 0 amide bonds. The van der Waals surface area contributed by atoms with Gasteiger partial charge < -0.3 is 4.74 Å². The SMILES string of the molecule is [2H]c1c([2H])c2c(c([2H])c1-c1cccc(-c3c([2H])c([2H])c4c(c3[2H])C(C)(C)CCC4(C)C)c1-[n+]1[c-]n(-c3cccc(Oc4ccc5c6ccccc6n(-c6cc(C(C)(C)C)ccn6)c5c4)c3)c3ccccc31)C(C)(C)CCC2(C)C. The third kappa shape index (κ3) is 7.89. The maximum atomic E-state index is 10.2. The lowest BCUT2D eigenvalue weighted by Gasteiger charge is -2.42. The van der Waals surface area contributed by atoms with Crippen molar-refractivity contribution in [1.82, 2.24) is 14.1 Å². The van der Waals surface area contributed by atoms with E-state index in [1.165, 1.54) is 5.56 Å². The van der Waals surface area contributed by atoms with Crippen LogP contribution in [0.15, 0.2) is 164 Å². The monoisotopic (exact) mass is 963 g/mol. The lowest BCUT2D eigenvalue weighted by Crippen LogP contribution is -2.34. The summed E-state index contributed by atoms with van der Waals surface area (Å²) in [6.45, 7) is 23.7. The smallest absolute Gasteiger partial charge is 0.269 e. The number of imidazole rings is 1. The van der Waals surface area contributed by atoms with E-state index in [4.69, 9.17) is 9.72 Å². The van der Waals surface area contributed by atoms with E-state index in [1.54, 1.807) is 0 Å². The zero-order valence-corrected chi connectivity index (χ0v) is 44.1. The van der Waals surface area contributed by atoms with Crippen LogP contribution in [0.1, 0.15) is 138 Å². The van der Waals surface area contributed by atoms with Crippen LogP contribution in [0.5, 0.6) is 11.5 Å². The maximum Gasteiger partial charge on any atom is 0.269 e. The van der Waals surface area contributed by atoms with Crippen LogP contribution in [0.25, 0.3) is 72.3 Å². The van der Waals surface area contributed by atoms with E-state index in [0.29, 0.717) is 39.4 Å². The third-order valence-electron chi connectivity index (χ3n) is 16.2. The van der Waals surface area contributed by atoms with Gasteiger partial charge in [0.25, 0.3) is 6.33 Å². The summed E-state index contributed by atoms with van der Waals surface area (Å²) < 4.78 is 72.8. The second kappa shape index (κ2) is 16.6. The fourth-order valence-corrected chi connectivity index (χ4v) is 11.6. The number of para-hydroxylation sites is 4. The molecular weight excluding hydrogens is 889 g/mol. The van der Waals surface area contributed by atoms with Crippen LogP contribution in [0.2, 0.25) is 0 Å². The van der Waals surface area contributed by atoms with Crippen molar-refractivity contribution in [2.45, 2.75) is 129 Å². The Morgan fingerprint density at radius 1 is 0.562 bits per heavy atom. The molecular formula is C68H68N4O. The van der Waals surface area contributed by atoms with Gasteiger partial charge >= 0.3 is 0 Å². The molecule has 3 aromatic heterocycles. The van der Waals surface area contributed by atoms with Gasteiger partial charge in [-0.25, -0.2) is 4.98 Å². The Balaban J connectivity index is 1.07. The predicted molar refractivity (Wildman–Crippen MR) is 302 cm³/mol. The Morgan fingerprint density at radius 2 is 1.12 bits per heavy atom. The number of benzene rings is 7. The van der Waals surface area contributed by atoms with E-state index in [-0.39, 0.29) is 41.7 Å². The average Bonchev–Trinajstić information content (AvgIpc) is 3.97. The van der Waals surface area contributed by atoms with E-state index in [1.807, 2.05) is 88.1 Å². The van der Waals surface area contributed by atoms with Crippen LogP contribution in [0.4, 0.5) is 0 Å². The minimum atomic E-state index is -0.445. The molecule has 7 aromatic carbocycles. The highest BCUT2D eigenvalue weighted by Gasteiger charge is 2.39. The number of hydrogen-bond acceptors (Lipinski definition) is 2. The van der Waals surface area contributed by atoms with E-state index >= 15 is 0 Å². The Morgan fingerprint density at radius 3 is 1.77 bits per heavy atom. The lowest BCUT2D eigenvalue weighted by molar-refractivity contribution is -0.571. The molecule has 10 aromatic rings. The van der Waals surface area contributed by atoms with Crippen LogP contribution in [-0.2, 0) is 27.1 Å². The number of pyridine rings is 1. The number of fused-ring (bicyclic) bond motifs is 6. The van der Waals surface area contributed by atoms with Gasteiger partial charge in [-0.3, -0.25) is 13.7 Å². The molecule has 0 atom stereocenters. The standard InChI is InChI=1S/C68H68N4O/c1-64(2,3)46-32-37-69-62(40-46)72-58-23-13-12-20-52(58)53-29-28-49(42-61(53)72)73-48-19-16-18-47(41-48)70-43-71(60-25-15-14-24-59(60)70)63-50(44-26-30-54-56(38-44)67(8,9)35-33-65(54,4)5)21-17-22-51(63)45-27-31-55-57(39-45)68(10,11)36-34-66(55,6)7/h12-32,37-42H,33-36H2,1-11H3/i26D,27D,30D,31D,38D,39D. The minimum Gasteiger partial charge on any atom is -0.458 e. The molecule has 0 radical (unpaired) electrons. The third-order valence-corrected chi connectivity index (χ3v) is 16.2. The summed E-state index contributed by atoms with van der Waals surface area (Å²) in [7, 11) is 0. The highest BCUT2D eigenvalue weighted by Crippen LogP contribution is 2.50. The summed E-state index contributed by atoms with van der Waals surface area (Å²) >= 11 is 0. The van der Waals surface area contributed by atoms with E-state index in [9.17, 15) is 8.22 Å². The first-order valence-corrected chi connectivity index (χ1v) is 26.0. The molecule has 73 heavy (non-hydrogen) atoms. The van der Waals surface area contributed by atoms with Gasteiger partial charge in [0.1, 0.15) is 17.3 Å². The summed E-state index contributed by atoms with van der Waals surface area (Å²) in [4.78, 5) is 4.89. The van der Waals surface area contributed by atoms with Gasteiger partial charge in [0.05, 0.1) is 41.7 Å². The topological polar surface area (TPSA) is 35.9 Å². The van der Waals surface area contributed by atoms with E-state index in [2.05, 4.69) is 136 Å². The highest BCUT2D eigenvalue weighted by atomic mass is 16.5. The Bertz CT molecular complexity index is 4070. The Hall–Kier alpha value is -7.24. The quantitative estimate of drug-likeness (QED) is 0.118. The molecule has 0 aliphatic heterocycles. The zero-order valence-electron chi connectivity index (χ0n) is 50.1. The molecule has 0 saturated heterocycles. The van der Waals surface area contributed by atoms with Crippen molar-refractivity contribution in [3.8, 4) is 50.9 Å².